The van der Waals surface area contributed by atoms with Crippen LogP contribution < -0.4 is 22.1 Å². The highest BCUT2D eigenvalue weighted by molar-refractivity contribution is 6.01. The number of ketones is 3. The molecule has 20 heteroatoms. The molecule has 0 spiro atoms. The van der Waals surface area contributed by atoms with Crippen LogP contribution in [0, 0.1) is 34.5 Å². The van der Waals surface area contributed by atoms with Gasteiger partial charge in [-0.3, -0.25) is 19.2 Å². The summed E-state index contributed by atoms with van der Waals surface area (Å²) < 4.78 is 57.8. The molecule has 1 aromatic carbocycles. The molecule has 0 radical (unpaired) electrons. The van der Waals surface area contributed by atoms with Crippen molar-refractivity contribution >= 4 is 47.2 Å². The van der Waals surface area contributed by atoms with E-state index >= 15 is 8.78 Å². The van der Waals surface area contributed by atoms with E-state index in [1.165, 1.54) is 43.0 Å². The monoisotopic (exact) mass is 985 g/mol. The highest BCUT2D eigenvalue weighted by Gasteiger charge is 2.80. The Bertz CT molecular complexity index is 2230. The topological polar surface area (TPSA) is 259 Å². The van der Waals surface area contributed by atoms with E-state index in [-0.39, 0.29) is 69.2 Å². The Hall–Kier alpha value is -5.31. The van der Waals surface area contributed by atoms with Gasteiger partial charge in [-0.25, -0.2) is 23.2 Å². The molecule has 5 amide bonds. The zero-order valence-electron chi connectivity index (χ0n) is 41.2. The van der Waals surface area contributed by atoms with Crippen molar-refractivity contribution in [1.29, 1.82) is 0 Å². The molecule has 1 saturated heterocycles. The average Bonchev–Trinajstić information content (AvgIpc) is 3.80. The minimum Gasteiger partial charge on any atom is -0.445 e. The van der Waals surface area contributed by atoms with E-state index in [0.29, 0.717) is 36.9 Å². The van der Waals surface area contributed by atoms with E-state index in [4.69, 9.17) is 30.4 Å². The number of aliphatic hydroxyl groups excluding tert-OH is 1. The first-order chi connectivity index (χ1) is 32.9. The van der Waals surface area contributed by atoms with Crippen LogP contribution >= 0.6 is 0 Å². The van der Waals surface area contributed by atoms with Crippen molar-refractivity contribution in [2.45, 2.75) is 135 Å². The number of anilines is 1. The third-order valence-electron chi connectivity index (χ3n) is 15.6. The number of allylic oxidation sites excluding steroid dienone is 4. The van der Waals surface area contributed by atoms with Gasteiger partial charge in [-0.05, 0) is 92.7 Å². The van der Waals surface area contributed by atoms with Crippen LogP contribution in [0.5, 0.6) is 0 Å². The Labute approximate surface area is 407 Å². The van der Waals surface area contributed by atoms with Gasteiger partial charge in [-0.1, -0.05) is 52.3 Å². The number of halogens is 2. The number of hydrogen-bond donors (Lipinski definition) is 5. The molecule has 70 heavy (non-hydrogen) atoms. The number of rotatable bonds is 20. The number of benzene rings is 1. The second kappa shape index (κ2) is 21.6. The van der Waals surface area contributed by atoms with Gasteiger partial charge in [0.05, 0.1) is 18.2 Å². The number of nitrogens with two attached hydrogens (primary N) is 2. The van der Waals surface area contributed by atoms with Crippen molar-refractivity contribution in [2.24, 2.45) is 46.0 Å². The van der Waals surface area contributed by atoms with Crippen molar-refractivity contribution in [3.63, 3.8) is 0 Å². The number of fused-ring (bicyclic) bond motifs is 7. The predicted octanol–water partition coefficient (Wildman–Crippen LogP) is 5.05. The molecule has 386 valence electrons. The zero-order chi connectivity index (χ0) is 51.5. The number of nitrogens with one attached hydrogen (secondary N) is 2. The Morgan fingerprint density at radius 2 is 1.66 bits per heavy atom. The second-order valence-corrected chi connectivity index (χ2v) is 20.4. The minimum absolute atomic E-state index is 0.0105. The van der Waals surface area contributed by atoms with Gasteiger partial charge in [-0.2, -0.15) is 0 Å². The van der Waals surface area contributed by atoms with Crippen molar-refractivity contribution in [1.82, 2.24) is 15.1 Å². The number of likely N-dealkylation sites (N-methyl/N-ethyl adjacent to an activating group) is 2. The number of alkyl halides is 2. The molecular formula is C50H70F2N6O12. The first-order valence-corrected chi connectivity index (χ1v) is 24.2. The molecule has 0 aromatic heterocycles. The Morgan fingerprint density at radius 1 is 1.00 bits per heavy atom. The third-order valence-corrected chi connectivity index (χ3v) is 15.6. The Morgan fingerprint density at radius 3 is 2.29 bits per heavy atom. The molecule has 6 rings (SSSR count). The highest BCUT2D eigenvalue weighted by atomic mass is 19.1. The standard InChI is InChI=1S/C50H70F2N6O12/c1-8-10-41-69-40-24-33-34-23-36(51)35-22-32(59)16-17-47(35,4)49(34,52)38(61)25-48(33,5)50(40,70-41)39(62)27-68-46(66)58(7)20-19-57(6)45(65)67-26-29-12-14-31(15-13-29)56-43(63)30(11-9-18-55-44(54)64)21-37(60)42(53)28(2)3/h12-17,22,28,30,33-34,36,38,40-42,61H,8-11,18-21,23-27,53H2,1-7H3,(H,56,63)(H3,54,55,64)/t30-,33+,34+,36+,38+,40-,41?,42+,47+,48+,49+,50-/m1/s1. The number of nitrogens with zero attached hydrogens (tertiary/aromatic N) is 2. The number of ether oxygens (including phenoxy) is 4. The van der Waals surface area contributed by atoms with Crippen LogP contribution in [0.3, 0.4) is 0 Å². The summed E-state index contributed by atoms with van der Waals surface area (Å²) in [6.07, 6.45) is -1.60. The summed E-state index contributed by atoms with van der Waals surface area (Å²) >= 11 is 0. The Kier molecular flexibility index (Phi) is 16.7. The van der Waals surface area contributed by atoms with E-state index in [9.17, 15) is 38.7 Å². The molecule has 12 atom stereocenters. The lowest BCUT2D eigenvalue weighted by atomic mass is 9.44. The largest absolute Gasteiger partial charge is 0.445 e. The molecule has 1 aliphatic heterocycles. The average molecular weight is 985 g/mol. The van der Waals surface area contributed by atoms with Crippen LogP contribution in [0.4, 0.5) is 28.9 Å². The number of urea groups is 1. The minimum atomic E-state index is -2.37. The maximum Gasteiger partial charge on any atom is 0.409 e. The van der Waals surface area contributed by atoms with Crippen molar-refractivity contribution < 1.29 is 66.4 Å². The summed E-state index contributed by atoms with van der Waals surface area (Å²) in [5.74, 6) is -4.29. The summed E-state index contributed by atoms with van der Waals surface area (Å²) in [6.45, 7) is 8.20. The number of hydrogen-bond acceptors (Lipinski definition) is 13. The van der Waals surface area contributed by atoms with Crippen LogP contribution in [0.1, 0.15) is 91.5 Å². The predicted molar refractivity (Wildman–Crippen MR) is 251 cm³/mol. The number of carbonyl (C=O) groups is 7. The van der Waals surface area contributed by atoms with Gasteiger partial charge in [0, 0.05) is 68.5 Å². The molecule has 18 nitrogen and oxygen atoms in total. The van der Waals surface area contributed by atoms with Crippen LogP contribution in [-0.2, 0) is 44.7 Å². The van der Waals surface area contributed by atoms with E-state index in [0.717, 1.165) is 6.08 Å². The zero-order valence-corrected chi connectivity index (χ0v) is 41.2. The number of Topliss-reactive ketones (excluding diaryl/α,β-unsaturated/α-hetero) is 2. The second-order valence-electron chi connectivity index (χ2n) is 20.4. The Balaban J connectivity index is 1.01. The van der Waals surface area contributed by atoms with Crippen LogP contribution in [-0.4, -0.2) is 139 Å². The normalized spacial score (nSPS) is 31.5. The SMILES string of the molecule is CCCC1O[C@@H]2C[C@H]3[C@@H]4C[C@H](F)C5=CC(=O)C=C[C@]5(C)[C@@]4(F)[C@@H](O)C[C@]3(C)[C@]2(C(=O)COC(=O)N(C)CCN(C)C(=O)OCc2ccc(NC(=O)[C@H](CCCNC(N)=O)CC(=O)[C@@H](N)C(C)C)cc2)O1. The summed E-state index contributed by atoms with van der Waals surface area (Å²) in [5.41, 5.74) is 5.23. The van der Waals surface area contributed by atoms with Gasteiger partial charge in [0.25, 0.3) is 0 Å². The van der Waals surface area contributed by atoms with Crippen LogP contribution in [0.2, 0.25) is 0 Å². The van der Waals surface area contributed by atoms with E-state index in [1.807, 2.05) is 20.8 Å². The fourth-order valence-electron chi connectivity index (χ4n) is 11.5. The van der Waals surface area contributed by atoms with E-state index < -0.39 is 113 Å². The van der Waals surface area contributed by atoms with Gasteiger partial charge >= 0.3 is 18.2 Å². The molecule has 1 aromatic rings. The molecule has 1 unspecified atom stereocenters. The smallest absolute Gasteiger partial charge is 0.409 e. The molecule has 3 saturated carbocycles. The van der Waals surface area contributed by atoms with E-state index in [2.05, 4.69) is 10.6 Å². The maximum atomic E-state index is 17.8. The van der Waals surface area contributed by atoms with E-state index in [1.54, 1.807) is 31.2 Å². The highest BCUT2D eigenvalue weighted by Crippen LogP contribution is 2.72. The summed E-state index contributed by atoms with van der Waals surface area (Å²) in [5, 5.41) is 17.1. The molecule has 1 heterocycles. The molecule has 5 aliphatic rings. The maximum absolute atomic E-state index is 17.8. The number of aliphatic hydroxyl groups is 1. The van der Waals surface area contributed by atoms with Crippen molar-refractivity contribution in [3.8, 4) is 0 Å². The van der Waals surface area contributed by atoms with Gasteiger partial charge in [0.2, 0.25) is 11.7 Å². The van der Waals surface area contributed by atoms with Crippen molar-refractivity contribution in [2.75, 3.05) is 45.7 Å². The van der Waals surface area contributed by atoms with Crippen molar-refractivity contribution in [3.05, 3.63) is 53.6 Å². The summed E-state index contributed by atoms with van der Waals surface area (Å²) in [6, 6.07) is 5.15. The lowest BCUT2D eigenvalue weighted by Gasteiger charge is -2.63. The molecule has 0 bridgehead atoms. The van der Waals surface area contributed by atoms with Crippen LogP contribution in [0.25, 0.3) is 0 Å². The molecule has 7 N–H and O–H groups in total. The number of amides is 5. The summed E-state index contributed by atoms with van der Waals surface area (Å²) in [4.78, 5) is 92.7. The summed E-state index contributed by atoms with van der Waals surface area (Å²) in [7, 11) is 2.91. The lowest BCUT2D eigenvalue weighted by molar-refractivity contribution is -0.234. The molecule has 4 fully saturated rings. The van der Waals surface area contributed by atoms with Gasteiger partial charge in [0.1, 0.15) is 12.8 Å². The van der Waals surface area contributed by atoms with Crippen LogP contribution in [0.15, 0.2) is 48.1 Å². The molecule has 4 aliphatic carbocycles. The lowest BCUT2D eigenvalue weighted by Crippen LogP contribution is -2.71. The number of carbonyl (C=O) groups excluding carboxylic acids is 7. The third kappa shape index (κ3) is 10.4. The fraction of sp³-hybridized carbons (Fsp3) is 0.660. The fourth-order valence-corrected chi connectivity index (χ4v) is 11.5. The quantitative estimate of drug-likeness (QED) is 0.107. The van der Waals surface area contributed by atoms with Gasteiger partial charge in [0.15, 0.2) is 35.7 Å². The first kappa shape index (κ1) is 54.0. The van der Waals surface area contributed by atoms with Gasteiger partial charge in [-0.15, -0.1) is 0 Å². The first-order valence-electron chi connectivity index (χ1n) is 24.2. The molecular weight excluding hydrogens is 915 g/mol. The number of primary amides is 1. The van der Waals surface area contributed by atoms with Gasteiger partial charge < -0.3 is 56.0 Å².